The second-order valence-corrected chi connectivity index (χ2v) is 1.45. The number of carboxylic acid groups (broad SMARTS) is 1. The highest BCUT2D eigenvalue weighted by Gasteiger charge is 2.00. The summed E-state index contributed by atoms with van der Waals surface area (Å²) in [5, 5.41) is 16.3. The number of carbonyl (C=O) groups is 1. The quantitative estimate of drug-likeness (QED) is 0.483. The van der Waals surface area contributed by atoms with Gasteiger partial charge >= 0.3 is 5.97 Å². The standard InChI is InChI=1S/C4H8O3/c1-3(5)2-4(6)7/h3,5H,2H2,1H3,(H,6,7)/t3-/m1/s1/i1+1,2+1,3+1,4+1. The van der Waals surface area contributed by atoms with Crippen LogP contribution in [0.15, 0.2) is 0 Å². The van der Waals surface area contributed by atoms with E-state index >= 15 is 0 Å². The molecule has 0 fully saturated rings. The van der Waals surface area contributed by atoms with Gasteiger partial charge < -0.3 is 10.2 Å². The van der Waals surface area contributed by atoms with E-state index in [1.54, 1.807) is 0 Å². The van der Waals surface area contributed by atoms with Gasteiger partial charge in [-0.2, -0.15) is 0 Å². The Kier molecular flexibility index (Phi) is 2.37. The Morgan fingerprint density at radius 3 is 2.29 bits per heavy atom. The van der Waals surface area contributed by atoms with Crippen molar-refractivity contribution in [1.82, 2.24) is 0 Å². The SMILES string of the molecule is [13CH3][13C@@H](O)[13CH2][13C](=O)O. The third kappa shape index (κ3) is 5.43. The molecule has 0 rings (SSSR count). The molecule has 0 aromatic carbocycles. The van der Waals surface area contributed by atoms with Gasteiger partial charge in [0, 0.05) is 0 Å². The van der Waals surface area contributed by atoms with Crippen LogP contribution in [0, 0.1) is 0 Å². The van der Waals surface area contributed by atoms with Crippen LogP contribution in [0.2, 0.25) is 0 Å². The molecule has 0 saturated carbocycles. The monoisotopic (exact) mass is 108 g/mol. The van der Waals surface area contributed by atoms with Gasteiger partial charge in [-0.3, -0.25) is 4.79 Å². The Labute approximate surface area is 41.6 Å². The molecular formula is C4H8O3. The van der Waals surface area contributed by atoms with E-state index in [9.17, 15) is 4.79 Å². The van der Waals surface area contributed by atoms with Gasteiger partial charge in [-0.15, -0.1) is 0 Å². The summed E-state index contributed by atoms with van der Waals surface area (Å²) in [7, 11) is 0. The first-order valence-electron chi connectivity index (χ1n) is 2.03. The maximum absolute atomic E-state index is 9.65. The van der Waals surface area contributed by atoms with Crippen LogP contribution in [0.1, 0.15) is 13.3 Å². The van der Waals surface area contributed by atoms with E-state index in [0.717, 1.165) is 0 Å². The number of aliphatic carboxylic acids is 1. The first-order valence-corrected chi connectivity index (χ1v) is 2.03. The number of aliphatic hydroxyl groups excluding tert-OH is 1. The summed E-state index contributed by atoms with van der Waals surface area (Å²) in [4.78, 5) is 9.65. The van der Waals surface area contributed by atoms with Crippen molar-refractivity contribution in [3.05, 3.63) is 0 Å². The highest BCUT2D eigenvalue weighted by atomic mass is 16.5. The number of hydrogen-bond acceptors (Lipinski definition) is 2. The van der Waals surface area contributed by atoms with Crippen molar-refractivity contribution in [2.45, 2.75) is 19.4 Å². The molecule has 3 heteroatoms. The fourth-order valence-electron chi connectivity index (χ4n) is 0.253. The van der Waals surface area contributed by atoms with Gasteiger partial charge in [0.15, 0.2) is 0 Å². The van der Waals surface area contributed by atoms with Crippen molar-refractivity contribution in [3.63, 3.8) is 0 Å². The van der Waals surface area contributed by atoms with E-state index in [4.69, 9.17) is 10.2 Å². The number of rotatable bonds is 2. The predicted octanol–water partition coefficient (Wildman–Crippen LogP) is -0.158. The second-order valence-electron chi connectivity index (χ2n) is 1.45. The maximum atomic E-state index is 9.65. The molecule has 0 radical (unpaired) electrons. The number of carboxylic acids is 1. The van der Waals surface area contributed by atoms with Crippen LogP contribution in [-0.4, -0.2) is 22.3 Å². The summed E-state index contributed by atoms with van der Waals surface area (Å²) < 4.78 is 0. The molecule has 0 aliphatic rings. The van der Waals surface area contributed by atoms with E-state index in [2.05, 4.69) is 0 Å². The average Bonchev–Trinajstić information content (AvgIpc) is 1.27. The van der Waals surface area contributed by atoms with Gasteiger partial charge in [0.05, 0.1) is 12.5 Å². The normalized spacial score (nSPS) is 13.4. The van der Waals surface area contributed by atoms with Crippen molar-refractivity contribution < 1.29 is 15.0 Å². The van der Waals surface area contributed by atoms with Crippen molar-refractivity contribution in [2.75, 3.05) is 0 Å². The summed E-state index contributed by atoms with van der Waals surface area (Å²) in [6, 6.07) is 0. The molecule has 0 aromatic rings. The highest BCUT2D eigenvalue weighted by Crippen LogP contribution is 1.85. The average molecular weight is 108 g/mol. The molecule has 0 unspecified atom stereocenters. The lowest BCUT2D eigenvalue weighted by molar-refractivity contribution is -0.138. The maximum Gasteiger partial charge on any atom is 0.305 e. The molecule has 1 atom stereocenters. The summed E-state index contributed by atoms with van der Waals surface area (Å²) >= 11 is 0. The molecule has 0 heterocycles. The zero-order valence-electron chi connectivity index (χ0n) is 4.09. The number of hydrogen-bond donors (Lipinski definition) is 2. The topological polar surface area (TPSA) is 57.5 Å². The minimum absolute atomic E-state index is 0.167. The summed E-state index contributed by atoms with van der Waals surface area (Å²) in [6.07, 6.45) is -0.891. The molecule has 0 aliphatic carbocycles. The summed E-state index contributed by atoms with van der Waals surface area (Å²) in [6.45, 7) is 1.44. The van der Waals surface area contributed by atoms with E-state index in [0.29, 0.717) is 0 Å². The van der Waals surface area contributed by atoms with Crippen molar-refractivity contribution in [2.24, 2.45) is 0 Å². The van der Waals surface area contributed by atoms with E-state index in [1.807, 2.05) is 0 Å². The lowest BCUT2D eigenvalue weighted by Gasteiger charge is -1.94. The van der Waals surface area contributed by atoms with Crippen LogP contribution in [0.3, 0.4) is 0 Å². The minimum Gasteiger partial charge on any atom is -0.481 e. The lowest BCUT2D eigenvalue weighted by Crippen LogP contribution is -2.07. The van der Waals surface area contributed by atoms with E-state index in [-0.39, 0.29) is 6.42 Å². The fourth-order valence-corrected chi connectivity index (χ4v) is 0.253. The molecule has 0 aliphatic heterocycles. The molecule has 0 bridgehead atoms. The second kappa shape index (κ2) is 2.58. The van der Waals surface area contributed by atoms with Gasteiger partial charge in [0.25, 0.3) is 0 Å². The van der Waals surface area contributed by atoms with Gasteiger partial charge in [-0.25, -0.2) is 0 Å². The molecule has 0 spiro atoms. The van der Waals surface area contributed by atoms with Gasteiger partial charge in [0.1, 0.15) is 0 Å². The fraction of sp³-hybridized carbons (Fsp3) is 0.750. The van der Waals surface area contributed by atoms with Crippen molar-refractivity contribution in [1.29, 1.82) is 0 Å². The first kappa shape index (κ1) is 6.43. The molecule has 42 valence electrons. The van der Waals surface area contributed by atoms with E-state index < -0.39 is 12.1 Å². The molecule has 7 heavy (non-hydrogen) atoms. The Hall–Kier alpha value is -0.570. The molecule has 3 nitrogen and oxygen atoms in total. The van der Waals surface area contributed by atoms with E-state index in [1.165, 1.54) is 6.92 Å². The smallest absolute Gasteiger partial charge is 0.305 e. The van der Waals surface area contributed by atoms with Gasteiger partial charge in [-0.1, -0.05) is 0 Å². The highest BCUT2D eigenvalue weighted by molar-refractivity contribution is 5.67. The van der Waals surface area contributed by atoms with Crippen LogP contribution in [0.5, 0.6) is 0 Å². The van der Waals surface area contributed by atoms with Crippen molar-refractivity contribution >= 4 is 5.97 Å². The lowest BCUT2D eigenvalue weighted by atomic mass is 11.3. The third-order valence-electron chi connectivity index (χ3n) is 0.470. The van der Waals surface area contributed by atoms with Crippen LogP contribution in [0.4, 0.5) is 0 Å². The van der Waals surface area contributed by atoms with Crippen molar-refractivity contribution in [3.8, 4) is 0 Å². The minimum atomic E-state index is -0.963. The third-order valence-corrected chi connectivity index (χ3v) is 0.470. The Bertz CT molecular complexity index is 67.3. The molecule has 0 saturated heterocycles. The van der Waals surface area contributed by atoms with Crippen LogP contribution < -0.4 is 0 Å². The first-order chi connectivity index (χ1) is 3.13. The van der Waals surface area contributed by atoms with Gasteiger partial charge in [-0.05, 0) is 6.92 Å². The predicted molar refractivity (Wildman–Crippen MR) is 23.9 cm³/mol. The number of aliphatic hydroxyl groups is 1. The van der Waals surface area contributed by atoms with Crippen LogP contribution in [0.25, 0.3) is 0 Å². The van der Waals surface area contributed by atoms with Gasteiger partial charge in [0.2, 0.25) is 0 Å². The summed E-state index contributed by atoms with van der Waals surface area (Å²) in [5.74, 6) is -0.963. The zero-order chi connectivity index (χ0) is 5.86. The molecule has 0 amide bonds. The van der Waals surface area contributed by atoms with Crippen LogP contribution in [-0.2, 0) is 4.79 Å². The molecule has 2 N–H and O–H groups in total. The molecular weight excluding hydrogens is 100 g/mol. The largest absolute Gasteiger partial charge is 0.481 e. The molecule has 0 aromatic heterocycles. The Balaban J connectivity index is 3.13. The summed E-state index contributed by atoms with van der Waals surface area (Å²) in [5.41, 5.74) is 0. The Morgan fingerprint density at radius 2 is 2.29 bits per heavy atom. The zero-order valence-corrected chi connectivity index (χ0v) is 4.09. The Morgan fingerprint density at radius 1 is 1.86 bits per heavy atom. The van der Waals surface area contributed by atoms with Crippen LogP contribution >= 0.6 is 0 Å².